The molecule has 3 N–H and O–H groups in total. The summed E-state index contributed by atoms with van der Waals surface area (Å²) in [7, 11) is 0. The van der Waals surface area contributed by atoms with Crippen LogP contribution in [0.15, 0.2) is 48.5 Å². The zero-order valence-corrected chi connectivity index (χ0v) is 15.2. The van der Waals surface area contributed by atoms with Gasteiger partial charge in [-0.25, -0.2) is 0 Å². The number of hydrogen-bond acceptors (Lipinski definition) is 3. The van der Waals surface area contributed by atoms with E-state index in [9.17, 15) is 9.59 Å². The first-order chi connectivity index (χ1) is 11.5. The molecule has 24 heavy (non-hydrogen) atoms. The molecule has 0 radical (unpaired) electrons. The van der Waals surface area contributed by atoms with Gasteiger partial charge in [-0.3, -0.25) is 14.5 Å². The van der Waals surface area contributed by atoms with Crippen molar-refractivity contribution in [2.45, 2.75) is 19.0 Å². The van der Waals surface area contributed by atoms with Gasteiger partial charge in [0.2, 0.25) is 11.8 Å². The summed E-state index contributed by atoms with van der Waals surface area (Å²) in [5, 5.41) is 2.86. The Labute approximate surface area is 154 Å². The van der Waals surface area contributed by atoms with Crippen molar-refractivity contribution in [3.63, 3.8) is 0 Å². The minimum absolute atomic E-state index is 0.133. The molecule has 124 valence electrons. The number of carbonyl (C=O) groups is 2. The number of nitrogens with two attached hydrogens (primary N) is 1. The predicted molar refractivity (Wildman–Crippen MR) is 101 cm³/mol. The van der Waals surface area contributed by atoms with Crippen molar-refractivity contribution in [1.82, 2.24) is 4.90 Å². The van der Waals surface area contributed by atoms with Gasteiger partial charge < -0.3 is 11.1 Å². The Morgan fingerprint density at radius 1 is 1.12 bits per heavy atom. The first-order valence-corrected chi connectivity index (χ1v) is 8.76. The number of nitrogens with one attached hydrogen (secondary N) is 1. The van der Waals surface area contributed by atoms with Crippen molar-refractivity contribution < 1.29 is 9.59 Å². The molecular formula is C18H18IN3O2. The summed E-state index contributed by atoms with van der Waals surface area (Å²) in [6.45, 7) is 0.678. The maximum Gasteiger partial charge on any atom is 0.238 e. The van der Waals surface area contributed by atoms with Crippen LogP contribution in [0, 0.1) is 3.57 Å². The van der Waals surface area contributed by atoms with Gasteiger partial charge in [-0.15, -0.1) is 0 Å². The van der Waals surface area contributed by atoms with Gasteiger partial charge in [-0.2, -0.15) is 0 Å². The molecule has 1 atom stereocenters. The fourth-order valence-corrected chi connectivity index (χ4v) is 3.30. The number of anilines is 1. The maximum atomic E-state index is 12.3. The van der Waals surface area contributed by atoms with Crippen LogP contribution in [0.4, 0.5) is 5.69 Å². The molecule has 0 unspecified atom stereocenters. The van der Waals surface area contributed by atoms with Gasteiger partial charge in [0.1, 0.15) is 0 Å². The van der Waals surface area contributed by atoms with Crippen LogP contribution in [0.5, 0.6) is 0 Å². The Morgan fingerprint density at radius 2 is 1.79 bits per heavy atom. The van der Waals surface area contributed by atoms with Crippen molar-refractivity contribution in [3.8, 4) is 0 Å². The van der Waals surface area contributed by atoms with Gasteiger partial charge >= 0.3 is 0 Å². The topological polar surface area (TPSA) is 75.4 Å². The van der Waals surface area contributed by atoms with Crippen molar-refractivity contribution in [2.24, 2.45) is 5.73 Å². The summed E-state index contributed by atoms with van der Waals surface area (Å²) >= 11 is 2.21. The maximum absolute atomic E-state index is 12.3. The fourth-order valence-electron chi connectivity index (χ4n) is 2.94. The van der Waals surface area contributed by atoms with Crippen LogP contribution in [-0.2, 0) is 22.6 Å². The molecule has 0 fully saturated rings. The number of halogens is 1. The molecule has 3 rings (SSSR count). The van der Waals surface area contributed by atoms with E-state index >= 15 is 0 Å². The lowest BCUT2D eigenvalue weighted by Gasteiger charge is -2.34. The smallest absolute Gasteiger partial charge is 0.238 e. The minimum Gasteiger partial charge on any atom is -0.368 e. The highest BCUT2D eigenvalue weighted by Gasteiger charge is 2.31. The molecule has 0 aliphatic carbocycles. The summed E-state index contributed by atoms with van der Waals surface area (Å²) in [6.07, 6.45) is 0.544. The third kappa shape index (κ3) is 3.93. The Morgan fingerprint density at radius 3 is 2.46 bits per heavy atom. The van der Waals surface area contributed by atoms with E-state index in [1.165, 1.54) is 0 Å². The molecule has 2 amide bonds. The van der Waals surface area contributed by atoms with Crippen LogP contribution in [0.1, 0.15) is 11.1 Å². The third-order valence-corrected chi connectivity index (χ3v) is 4.87. The highest BCUT2D eigenvalue weighted by molar-refractivity contribution is 14.1. The average molecular weight is 435 g/mol. The van der Waals surface area contributed by atoms with Crippen molar-refractivity contribution in [3.05, 3.63) is 63.2 Å². The van der Waals surface area contributed by atoms with Gasteiger partial charge in [0, 0.05) is 15.8 Å². The SMILES string of the molecule is NC(=O)[C@@H]1Cc2ccccc2CN1CC(=O)Nc1ccc(I)cc1. The number of benzene rings is 2. The lowest BCUT2D eigenvalue weighted by Crippen LogP contribution is -2.50. The zero-order chi connectivity index (χ0) is 17.1. The monoisotopic (exact) mass is 435 g/mol. The Balaban J connectivity index is 1.71. The molecule has 2 aromatic rings. The largest absolute Gasteiger partial charge is 0.368 e. The second-order valence-electron chi connectivity index (χ2n) is 5.85. The molecule has 1 aliphatic heterocycles. The number of fused-ring (bicyclic) bond motifs is 1. The van der Waals surface area contributed by atoms with E-state index in [0.717, 1.165) is 20.4 Å². The molecule has 0 spiro atoms. The standard InChI is InChI=1S/C18H18IN3O2/c19-14-5-7-15(8-6-14)21-17(23)11-22-10-13-4-2-1-3-12(13)9-16(22)18(20)24/h1-8,16H,9-11H2,(H2,20,24)(H,21,23)/t16-/m0/s1. The van der Waals surface area contributed by atoms with E-state index in [4.69, 9.17) is 5.73 Å². The number of primary amides is 1. The number of nitrogens with zero attached hydrogens (tertiary/aromatic N) is 1. The second kappa shape index (κ2) is 7.31. The molecule has 0 aromatic heterocycles. The molecule has 2 aromatic carbocycles. The third-order valence-electron chi connectivity index (χ3n) is 4.15. The average Bonchev–Trinajstić information content (AvgIpc) is 2.56. The van der Waals surface area contributed by atoms with Crippen LogP contribution < -0.4 is 11.1 Å². The van der Waals surface area contributed by atoms with Gasteiger partial charge in [-0.1, -0.05) is 24.3 Å². The van der Waals surface area contributed by atoms with Crippen molar-refractivity contribution >= 4 is 40.1 Å². The summed E-state index contributed by atoms with van der Waals surface area (Å²) in [6, 6.07) is 15.1. The van der Waals surface area contributed by atoms with Gasteiger partial charge in [0.25, 0.3) is 0 Å². The van der Waals surface area contributed by atoms with Crippen LogP contribution in [-0.4, -0.2) is 29.3 Å². The zero-order valence-electron chi connectivity index (χ0n) is 13.0. The molecule has 6 heteroatoms. The lowest BCUT2D eigenvalue weighted by atomic mass is 9.93. The summed E-state index contributed by atoms with van der Waals surface area (Å²) in [4.78, 5) is 26.0. The Kier molecular flexibility index (Phi) is 5.15. The molecule has 0 saturated heterocycles. The minimum atomic E-state index is -0.456. The van der Waals surface area contributed by atoms with E-state index in [0.29, 0.717) is 13.0 Å². The molecule has 0 saturated carbocycles. The Bertz CT molecular complexity index is 761. The van der Waals surface area contributed by atoms with Crippen molar-refractivity contribution in [2.75, 3.05) is 11.9 Å². The van der Waals surface area contributed by atoms with E-state index in [2.05, 4.69) is 27.9 Å². The molecular weight excluding hydrogens is 417 g/mol. The lowest BCUT2D eigenvalue weighted by molar-refractivity contribution is -0.125. The number of rotatable bonds is 4. The molecule has 5 nitrogen and oxygen atoms in total. The molecule has 0 bridgehead atoms. The van der Waals surface area contributed by atoms with Crippen molar-refractivity contribution in [1.29, 1.82) is 0 Å². The van der Waals surface area contributed by atoms with E-state index < -0.39 is 11.9 Å². The first kappa shape index (κ1) is 16.9. The quantitative estimate of drug-likeness (QED) is 0.723. The van der Waals surface area contributed by atoms with Gasteiger partial charge in [0.15, 0.2) is 0 Å². The van der Waals surface area contributed by atoms with Gasteiger partial charge in [0.05, 0.1) is 12.6 Å². The summed E-state index contributed by atoms with van der Waals surface area (Å²) in [5.74, 6) is -0.548. The number of amides is 2. The normalized spacial score (nSPS) is 17.1. The van der Waals surface area contributed by atoms with E-state index in [-0.39, 0.29) is 12.5 Å². The van der Waals surface area contributed by atoms with Crippen LogP contribution in [0.25, 0.3) is 0 Å². The fraction of sp³-hybridized carbons (Fsp3) is 0.222. The predicted octanol–water partition coefficient (Wildman–Crippen LogP) is 2.14. The van der Waals surface area contributed by atoms with Gasteiger partial charge in [-0.05, 0) is 64.4 Å². The van der Waals surface area contributed by atoms with Crippen LogP contribution in [0.2, 0.25) is 0 Å². The number of carbonyl (C=O) groups excluding carboxylic acids is 2. The first-order valence-electron chi connectivity index (χ1n) is 7.68. The second-order valence-corrected chi connectivity index (χ2v) is 7.10. The number of hydrogen-bond donors (Lipinski definition) is 2. The van der Waals surface area contributed by atoms with Crippen LogP contribution >= 0.6 is 22.6 Å². The molecule has 1 heterocycles. The highest BCUT2D eigenvalue weighted by Crippen LogP contribution is 2.23. The van der Waals surface area contributed by atoms with Crippen LogP contribution in [0.3, 0.4) is 0 Å². The highest BCUT2D eigenvalue weighted by atomic mass is 127. The summed E-state index contributed by atoms with van der Waals surface area (Å²) < 4.78 is 1.10. The van der Waals surface area contributed by atoms with E-state index in [1.54, 1.807) is 0 Å². The molecule has 1 aliphatic rings. The Hall–Kier alpha value is -1.93. The summed E-state index contributed by atoms with van der Waals surface area (Å²) in [5.41, 5.74) is 8.55. The van der Waals surface area contributed by atoms with E-state index in [1.807, 2.05) is 53.4 Å².